The number of amides is 1. The van der Waals surface area contributed by atoms with Crippen LogP contribution in [0.1, 0.15) is 5.56 Å². The zero-order valence-corrected chi connectivity index (χ0v) is 11.2. The molecule has 0 saturated carbocycles. The second-order valence-corrected chi connectivity index (χ2v) is 4.66. The third kappa shape index (κ3) is 4.54. The van der Waals surface area contributed by atoms with Crippen LogP contribution in [0.25, 0.3) is 0 Å². The first-order valence-corrected chi connectivity index (χ1v) is 6.46. The molecule has 1 aliphatic heterocycles. The minimum atomic E-state index is -0.347. The van der Waals surface area contributed by atoms with E-state index < -0.39 is 0 Å². The summed E-state index contributed by atoms with van der Waals surface area (Å²) in [5.74, 6) is 0. The fourth-order valence-electron chi connectivity index (χ4n) is 2.00. The van der Waals surface area contributed by atoms with Crippen molar-refractivity contribution in [3.05, 3.63) is 35.9 Å². The van der Waals surface area contributed by atoms with Gasteiger partial charge in [-0.05, 0) is 5.56 Å². The molecule has 0 bridgehead atoms. The molecule has 1 saturated heterocycles. The zero-order chi connectivity index (χ0) is 13.5. The van der Waals surface area contributed by atoms with Gasteiger partial charge in [-0.15, -0.1) is 0 Å². The molecule has 0 spiro atoms. The quantitative estimate of drug-likeness (QED) is 0.840. The van der Waals surface area contributed by atoms with E-state index in [0.29, 0.717) is 6.61 Å². The van der Waals surface area contributed by atoms with E-state index in [2.05, 4.69) is 10.2 Å². The van der Waals surface area contributed by atoms with Crippen molar-refractivity contribution in [2.45, 2.75) is 12.6 Å². The maximum absolute atomic E-state index is 11.6. The largest absolute Gasteiger partial charge is 0.445 e. The predicted molar refractivity (Wildman–Crippen MR) is 71.9 cm³/mol. The molecule has 1 heterocycles. The van der Waals surface area contributed by atoms with Crippen LogP contribution >= 0.6 is 0 Å². The predicted octanol–water partition coefficient (Wildman–Crippen LogP) is 1.24. The smallest absolute Gasteiger partial charge is 0.407 e. The highest BCUT2D eigenvalue weighted by Crippen LogP contribution is 2.07. The van der Waals surface area contributed by atoms with Crippen LogP contribution < -0.4 is 5.32 Å². The third-order valence-corrected chi connectivity index (χ3v) is 3.10. The molecule has 2 rings (SSSR count). The van der Waals surface area contributed by atoms with Crippen molar-refractivity contribution in [2.24, 2.45) is 0 Å². The van der Waals surface area contributed by atoms with Gasteiger partial charge in [0.25, 0.3) is 0 Å². The molecule has 1 aromatic rings. The average Bonchev–Trinajstić information content (AvgIpc) is 2.40. The molecule has 0 aromatic heterocycles. The molecule has 104 valence electrons. The Hall–Kier alpha value is -1.59. The van der Waals surface area contributed by atoms with E-state index in [1.54, 1.807) is 7.11 Å². The molecule has 0 atom stereocenters. The topological polar surface area (TPSA) is 50.8 Å². The molecule has 1 fully saturated rings. The number of carbonyl (C=O) groups is 1. The molecule has 0 radical (unpaired) electrons. The minimum absolute atomic E-state index is 0.195. The highest BCUT2D eigenvalue weighted by Gasteiger charge is 2.27. The maximum atomic E-state index is 11.6. The van der Waals surface area contributed by atoms with Crippen molar-refractivity contribution in [2.75, 3.05) is 33.4 Å². The van der Waals surface area contributed by atoms with Gasteiger partial charge in [0, 0.05) is 26.7 Å². The number of carbonyl (C=O) groups excluding carboxylic acids is 1. The molecule has 5 nitrogen and oxygen atoms in total. The number of hydrogen-bond acceptors (Lipinski definition) is 4. The van der Waals surface area contributed by atoms with Gasteiger partial charge in [0.2, 0.25) is 0 Å². The zero-order valence-electron chi connectivity index (χ0n) is 11.2. The van der Waals surface area contributed by atoms with Crippen LogP contribution in [-0.2, 0) is 16.1 Å². The number of methoxy groups -OCH3 is 1. The number of hydrogen-bond donors (Lipinski definition) is 1. The van der Waals surface area contributed by atoms with Crippen molar-refractivity contribution >= 4 is 6.09 Å². The SMILES string of the molecule is COCCN1CC(NC(=O)OCc2ccccc2)C1. The van der Waals surface area contributed by atoms with Gasteiger partial charge in [0.1, 0.15) is 6.61 Å². The summed E-state index contributed by atoms with van der Waals surface area (Å²) in [7, 11) is 1.69. The van der Waals surface area contributed by atoms with Gasteiger partial charge in [0.05, 0.1) is 12.6 Å². The summed E-state index contributed by atoms with van der Waals surface area (Å²) in [5.41, 5.74) is 0.994. The molecule has 1 aliphatic rings. The lowest BCUT2D eigenvalue weighted by Gasteiger charge is -2.38. The van der Waals surface area contributed by atoms with E-state index in [1.165, 1.54) is 0 Å². The van der Waals surface area contributed by atoms with Crippen molar-refractivity contribution in [1.82, 2.24) is 10.2 Å². The third-order valence-electron chi connectivity index (χ3n) is 3.10. The number of benzene rings is 1. The molecule has 0 unspecified atom stereocenters. The number of nitrogens with zero attached hydrogens (tertiary/aromatic N) is 1. The lowest BCUT2D eigenvalue weighted by atomic mass is 10.1. The van der Waals surface area contributed by atoms with Gasteiger partial charge in [-0.25, -0.2) is 4.79 Å². The Morgan fingerprint density at radius 3 is 2.79 bits per heavy atom. The molecular weight excluding hydrogens is 244 g/mol. The van der Waals surface area contributed by atoms with Gasteiger partial charge in [-0.1, -0.05) is 30.3 Å². The van der Waals surface area contributed by atoms with E-state index in [4.69, 9.17) is 9.47 Å². The van der Waals surface area contributed by atoms with Gasteiger partial charge >= 0.3 is 6.09 Å². The summed E-state index contributed by atoms with van der Waals surface area (Å²) in [6, 6.07) is 9.85. The maximum Gasteiger partial charge on any atom is 0.407 e. The van der Waals surface area contributed by atoms with Crippen LogP contribution in [0.4, 0.5) is 4.79 Å². The summed E-state index contributed by atoms with van der Waals surface area (Å²) in [4.78, 5) is 13.8. The van der Waals surface area contributed by atoms with Gasteiger partial charge in [-0.2, -0.15) is 0 Å². The van der Waals surface area contributed by atoms with Crippen LogP contribution in [0.2, 0.25) is 0 Å². The number of nitrogens with one attached hydrogen (secondary N) is 1. The molecule has 5 heteroatoms. The van der Waals surface area contributed by atoms with E-state index >= 15 is 0 Å². The monoisotopic (exact) mass is 264 g/mol. The number of likely N-dealkylation sites (tertiary alicyclic amines) is 1. The molecule has 1 aromatic carbocycles. The molecule has 0 aliphatic carbocycles. The summed E-state index contributed by atoms with van der Waals surface area (Å²) in [6.07, 6.45) is -0.347. The van der Waals surface area contributed by atoms with Crippen molar-refractivity contribution < 1.29 is 14.3 Å². The Balaban J connectivity index is 1.59. The summed E-state index contributed by atoms with van der Waals surface area (Å²) >= 11 is 0. The minimum Gasteiger partial charge on any atom is -0.445 e. The normalized spacial score (nSPS) is 15.8. The second kappa shape index (κ2) is 7.11. The van der Waals surface area contributed by atoms with E-state index in [-0.39, 0.29) is 12.1 Å². The lowest BCUT2D eigenvalue weighted by Crippen LogP contribution is -2.59. The molecular formula is C14H20N2O3. The highest BCUT2D eigenvalue weighted by molar-refractivity contribution is 5.67. The van der Waals surface area contributed by atoms with Crippen LogP contribution in [0.3, 0.4) is 0 Å². The van der Waals surface area contributed by atoms with Gasteiger partial charge < -0.3 is 14.8 Å². The van der Waals surface area contributed by atoms with E-state index in [9.17, 15) is 4.79 Å². The van der Waals surface area contributed by atoms with Gasteiger partial charge in [0.15, 0.2) is 0 Å². The van der Waals surface area contributed by atoms with Crippen LogP contribution in [0, 0.1) is 0 Å². The standard InChI is InChI=1S/C14H20N2O3/c1-18-8-7-16-9-13(10-16)15-14(17)19-11-12-5-3-2-4-6-12/h2-6,13H,7-11H2,1H3,(H,15,17). The number of alkyl carbamates (subject to hydrolysis) is 1. The summed E-state index contributed by atoms with van der Waals surface area (Å²) < 4.78 is 10.2. The Kier molecular flexibility index (Phi) is 5.18. The first-order valence-electron chi connectivity index (χ1n) is 6.46. The van der Waals surface area contributed by atoms with Crippen LogP contribution in [0.5, 0.6) is 0 Å². The Morgan fingerprint density at radius 2 is 2.11 bits per heavy atom. The lowest BCUT2D eigenvalue weighted by molar-refractivity contribution is 0.0738. The fourth-order valence-corrected chi connectivity index (χ4v) is 2.00. The van der Waals surface area contributed by atoms with Gasteiger partial charge in [-0.3, -0.25) is 4.90 Å². The van der Waals surface area contributed by atoms with E-state index in [1.807, 2.05) is 30.3 Å². The average molecular weight is 264 g/mol. The Labute approximate surface area is 113 Å². The molecule has 1 amide bonds. The van der Waals surface area contributed by atoms with Crippen molar-refractivity contribution in [3.63, 3.8) is 0 Å². The Morgan fingerprint density at radius 1 is 1.37 bits per heavy atom. The van der Waals surface area contributed by atoms with Crippen LogP contribution in [-0.4, -0.2) is 50.4 Å². The fraction of sp³-hybridized carbons (Fsp3) is 0.500. The van der Waals surface area contributed by atoms with Crippen molar-refractivity contribution in [1.29, 1.82) is 0 Å². The highest BCUT2D eigenvalue weighted by atomic mass is 16.5. The van der Waals surface area contributed by atoms with Crippen LogP contribution in [0.15, 0.2) is 30.3 Å². The van der Waals surface area contributed by atoms with E-state index in [0.717, 1.165) is 31.8 Å². The molecule has 1 N–H and O–H groups in total. The number of rotatable bonds is 6. The second-order valence-electron chi connectivity index (χ2n) is 4.66. The summed E-state index contributed by atoms with van der Waals surface area (Å²) in [5, 5.41) is 2.85. The first-order chi connectivity index (χ1) is 9.28. The molecule has 19 heavy (non-hydrogen) atoms. The van der Waals surface area contributed by atoms with Crippen molar-refractivity contribution in [3.8, 4) is 0 Å². The summed E-state index contributed by atoms with van der Waals surface area (Å²) in [6.45, 7) is 3.68. The first kappa shape index (κ1) is 13.8. The Bertz CT molecular complexity index is 391. The number of ether oxygens (including phenoxy) is 2.